The summed E-state index contributed by atoms with van der Waals surface area (Å²) in [5.41, 5.74) is 0.826. The summed E-state index contributed by atoms with van der Waals surface area (Å²) >= 11 is 0. The lowest BCUT2D eigenvalue weighted by molar-refractivity contribution is -0.118. The predicted octanol–water partition coefficient (Wildman–Crippen LogP) is 0.931. The van der Waals surface area contributed by atoms with Crippen molar-refractivity contribution in [2.45, 2.75) is 19.8 Å². The Hall–Kier alpha value is -1.12. The van der Waals surface area contributed by atoms with Crippen LogP contribution in [-0.4, -0.2) is 15.8 Å². The zero-order valence-electron chi connectivity index (χ0n) is 5.92. The van der Waals surface area contributed by atoms with E-state index in [9.17, 15) is 4.79 Å². The first-order valence-corrected chi connectivity index (χ1v) is 3.32. The minimum absolute atomic E-state index is 0.229. The Labute approximate surface area is 59.5 Å². The lowest BCUT2D eigenvalue weighted by Gasteiger charge is -1.89. The van der Waals surface area contributed by atoms with Gasteiger partial charge in [-0.2, -0.15) is 0 Å². The third kappa shape index (κ3) is 1.69. The number of H-pyrrole nitrogens is 1. The molecule has 0 unspecified atom stereocenters. The van der Waals surface area contributed by atoms with E-state index in [1.54, 1.807) is 12.5 Å². The number of aromatic nitrogens is 2. The summed E-state index contributed by atoms with van der Waals surface area (Å²) in [6.07, 6.45) is 4.37. The van der Waals surface area contributed by atoms with Gasteiger partial charge in [-0.05, 0) is 0 Å². The van der Waals surface area contributed by atoms with Gasteiger partial charge >= 0.3 is 0 Å². The number of ketones is 1. The standard InChI is InChI=1S/C7H10N2O/c1-2-7(10)3-6-4-8-5-9-6/h4-5H,2-3H2,1H3,(H,8,9). The Morgan fingerprint density at radius 3 is 3.10 bits per heavy atom. The fourth-order valence-corrected chi connectivity index (χ4v) is 0.715. The SMILES string of the molecule is CCC(=O)Cc1c[nH]cn1. The van der Waals surface area contributed by atoms with Crippen molar-refractivity contribution in [3.63, 3.8) is 0 Å². The molecule has 0 spiro atoms. The van der Waals surface area contributed by atoms with Crippen LogP contribution in [0.15, 0.2) is 12.5 Å². The predicted molar refractivity (Wildman–Crippen MR) is 37.6 cm³/mol. The Bertz CT molecular complexity index is 203. The van der Waals surface area contributed by atoms with E-state index in [0.717, 1.165) is 5.69 Å². The molecule has 0 saturated carbocycles. The van der Waals surface area contributed by atoms with E-state index in [1.165, 1.54) is 0 Å². The number of nitrogens with one attached hydrogen (secondary N) is 1. The van der Waals surface area contributed by atoms with E-state index in [0.29, 0.717) is 12.8 Å². The highest BCUT2D eigenvalue weighted by Crippen LogP contribution is 1.95. The highest BCUT2D eigenvalue weighted by molar-refractivity contribution is 5.79. The van der Waals surface area contributed by atoms with Crippen LogP contribution in [0.4, 0.5) is 0 Å². The maximum atomic E-state index is 10.8. The number of carbonyl (C=O) groups is 1. The molecule has 3 heteroatoms. The van der Waals surface area contributed by atoms with Gasteiger partial charge in [-0.25, -0.2) is 4.98 Å². The maximum absolute atomic E-state index is 10.8. The average Bonchev–Trinajstić information content (AvgIpc) is 2.40. The molecule has 1 aromatic heterocycles. The number of rotatable bonds is 3. The third-order valence-corrected chi connectivity index (χ3v) is 1.33. The van der Waals surface area contributed by atoms with Crippen molar-refractivity contribution < 1.29 is 4.79 Å². The van der Waals surface area contributed by atoms with Crippen LogP contribution in [-0.2, 0) is 11.2 Å². The summed E-state index contributed by atoms with van der Waals surface area (Å²) in [5.74, 6) is 0.229. The number of nitrogens with zero attached hydrogens (tertiary/aromatic N) is 1. The minimum Gasteiger partial charge on any atom is -0.351 e. The molecule has 0 bridgehead atoms. The monoisotopic (exact) mass is 138 g/mol. The molecule has 0 aliphatic carbocycles. The maximum Gasteiger partial charge on any atom is 0.138 e. The smallest absolute Gasteiger partial charge is 0.138 e. The summed E-state index contributed by atoms with van der Waals surface area (Å²) in [6, 6.07) is 0. The van der Waals surface area contributed by atoms with Gasteiger partial charge in [0.05, 0.1) is 18.4 Å². The van der Waals surface area contributed by atoms with Crippen molar-refractivity contribution in [3.8, 4) is 0 Å². The Morgan fingerprint density at radius 1 is 1.80 bits per heavy atom. The summed E-state index contributed by atoms with van der Waals surface area (Å²) in [6.45, 7) is 1.86. The van der Waals surface area contributed by atoms with E-state index in [2.05, 4.69) is 9.97 Å². The topological polar surface area (TPSA) is 45.8 Å². The lowest BCUT2D eigenvalue weighted by Crippen LogP contribution is -1.99. The third-order valence-electron chi connectivity index (χ3n) is 1.33. The number of Topliss-reactive ketones (excluding diaryl/α,β-unsaturated/α-hetero) is 1. The van der Waals surface area contributed by atoms with Crippen molar-refractivity contribution in [1.82, 2.24) is 9.97 Å². The van der Waals surface area contributed by atoms with E-state index < -0.39 is 0 Å². The lowest BCUT2D eigenvalue weighted by atomic mass is 10.2. The van der Waals surface area contributed by atoms with Gasteiger partial charge in [-0.1, -0.05) is 6.92 Å². The van der Waals surface area contributed by atoms with Gasteiger partial charge in [0, 0.05) is 12.6 Å². The second-order valence-corrected chi connectivity index (χ2v) is 2.13. The van der Waals surface area contributed by atoms with Gasteiger partial charge in [-0.15, -0.1) is 0 Å². The first kappa shape index (κ1) is 6.99. The summed E-state index contributed by atoms with van der Waals surface area (Å²) < 4.78 is 0. The molecule has 0 fully saturated rings. The molecule has 0 amide bonds. The number of carbonyl (C=O) groups excluding carboxylic acids is 1. The number of hydrogen-bond acceptors (Lipinski definition) is 2. The zero-order valence-corrected chi connectivity index (χ0v) is 5.92. The Balaban J connectivity index is 2.48. The normalized spacial score (nSPS) is 9.70. The summed E-state index contributed by atoms with van der Waals surface area (Å²) in [7, 11) is 0. The van der Waals surface area contributed by atoms with Crippen LogP contribution in [0.5, 0.6) is 0 Å². The van der Waals surface area contributed by atoms with Crippen LogP contribution in [0.1, 0.15) is 19.0 Å². The number of hydrogen-bond donors (Lipinski definition) is 1. The number of aromatic amines is 1. The molecular formula is C7H10N2O. The largest absolute Gasteiger partial charge is 0.351 e. The fraction of sp³-hybridized carbons (Fsp3) is 0.429. The second kappa shape index (κ2) is 3.15. The summed E-state index contributed by atoms with van der Waals surface area (Å²) in [4.78, 5) is 17.5. The first-order valence-electron chi connectivity index (χ1n) is 3.32. The van der Waals surface area contributed by atoms with Crippen molar-refractivity contribution in [2.24, 2.45) is 0 Å². The minimum atomic E-state index is 0.229. The summed E-state index contributed by atoms with van der Waals surface area (Å²) in [5, 5.41) is 0. The molecule has 1 heterocycles. The van der Waals surface area contributed by atoms with Gasteiger partial charge in [0.2, 0.25) is 0 Å². The van der Waals surface area contributed by atoms with Gasteiger partial charge in [0.1, 0.15) is 5.78 Å². The van der Waals surface area contributed by atoms with E-state index in [4.69, 9.17) is 0 Å². The van der Waals surface area contributed by atoms with Crippen LogP contribution in [0.3, 0.4) is 0 Å². The molecular weight excluding hydrogens is 128 g/mol. The molecule has 54 valence electrons. The molecule has 0 saturated heterocycles. The van der Waals surface area contributed by atoms with Crippen molar-refractivity contribution >= 4 is 5.78 Å². The molecule has 1 aromatic rings. The highest BCUT2D eigenvalue weighted by atomic mass is 16.1. The molecule has 1 rings (SSSR count). The molecule has 0 aliphatic rings. The molecule has 3 nitrogen and oxygen atoms in total. The quantitative estimate of drug-likeness (QED) is 0.675. The highest BCUT2D eigenvalue weighted by Gasteiger charge is 2.00. The van der Waals surface area contributed by atoms with Crippen LogP contribution in [0.25, 0.3) is 0 Å². The van der Waals surface area contributed by atoms with Crippen molar-refractivity contribution in [1.29, 1.82) is 0 Å². The van der Waals surface area contributed by atoms with Gasteiger partial charge in [0.15, 0.2) is 0 Å². The van der Waals surface area contributed by atoms with Gasteiger partial charge in [-0.3, -0.25) is 4.79 Å². The van der Waals surface area contributed by atoms with Crippen molar-refractivity contribution in [3.05, 3.63) is 18.2 Å². The Morgan fingerprint density at radius 2 is 2.60 bits per heavy atom. The van der Waals surface area contributed by atoms with Crippen LogP contribution >= 0.6 is 0 Å². The number of imidazole rings is 1. The van der Waals surface area contributed by atoms with Gasteiger partial charge in [0.25, 0.3) is 0 Å². The average molecular weight is 138 g/mol. The molecule has 0 atom stereocenters. The van der Waals surface area contributed by atoms with Crippen LogP contribution < -0.4 is 0 Å². The van der Waals surface area contributed by atoms with Crippen LogP contribution in [0.2, 0.25) is 0 Å². The molecule has 10 heavy (non-hydrogen) atoms. The second-order valence-electron chi connectivity index (χ2n) is 2.13. The molecule has 0 aromatic carbocycles. The van der Waals surface area contributed by atoms with Gasteiger partial charge < -0.3 is 4.98 Å². The van der Waals surface area contributed by atoms with E-state index in [1.807, 2.05) is 6.92 Å². The molecule has 1 N–H and O–H groups in total. The van der Waals surface area contributed by atoms with Crippen molar-refractivity contribution in [2.75, 3.05) is 0 Å². The first-order chi connectivity index (χ1) is 4.83. The fourth-order valence-electron chi connectivity index (χ4n) is 0.715. The Kier molecular flexibility index (Phi) is 2.20. The van der Waals surface area contributed by atoms with Crippen LogP contribution in [0, 0.1) is 0 Å². The van der Waals surface area contributed by atoms with E-state index >= 15 is 0 Å². The molecule has 0 aliphatic heterocycles. The zero-order chi connectivity index (χ0) is 7.40. The molecule has 0 radical (unpaired) electrons. The van der Waals surface area contributed by atoms with E-state index in [-0.39, 0.29) is 5.78 Å².